The number of carbonyl (C=O) groups excluding carboxylic acids is 1. The van der Waals surface area contributed by atoms with Crippen LogP contribution in [0.15, 0.2) is 18.2 Å². The van der Waals surface area contributed by atoms with E-state index in [1.807, 2.05) is 18.2 Å². The molecule has 7 heteroatoms. The summed E-state index contributed by atoms with van der Waals surface area (Å²) in [5, 5.41) is 3.66. The second kappa shape index (κ2) is 8.12. The van der Waals surface area contributed by atoms with E-state index >= 15 is 0 Å². The number of fused-ring (bicyclic) bond motifs is 1. The van der Waals surface area contributed by atoms with E-state index in [9.17, 15) is 4.79 Å². The third-order valence-electron chi connectivity index (χ3n) is 4.63. The Balaban J connectivity index is 1.56. The first-order chi connectivity index (χ1) is 12.0. The maximum Gasteiger partial charge on any atom is 0.224 e. The third-order valence-corrected chi connectivity index (χ3v) is 5.47. The van der Waals surface area contributed by atoms with Crippen molar-refractivity contribution in [2.45, 2.75) is 26.3 Å². The molecule has 1 aliphatic rings. The fraction of sp³-hybridized carbons (Fsp3) is 0.556. The number of aromatic nitrogens is 1. The lowest BCUT2D eigenvalue weighted by molar-refractivity contribution is -0.120. The topological polar surface area (TPSA) is 80.5 Å². The van der Waals surface area contributed by atoms with Crippen LogP contribution in [0, 0.1) is 5.92 Å². The number of hydrogen-bond donors (Lipinski definition) is 2. The molecule has 0 radical (unpaired) electrons. The van der Waals surface area contributed by atoms with Gasteiger partial charge in [0.2, 0.25) is 5.91 Å². The molecule has 6 nitrogen and oxygen atoms in total. The number of hydrogen-bond acceptors (Lipinski definition) is 6. The number of benzene rings is 1. The monoisotopic (exact) mass is 362 g/mol. The SMILES string of the molecule is CC(C)[C@@H](CNC(=O)Cc1ccc2nc(N)sc2c1)N1CCOCC1. The van der Waals surface area contributed by atoms with Crippen LogP contribution in [0.2, 0.25) is 0 Å². The normalized spacial score (nSPS) is 17.1. The third kappa shape index (κ3) is 4.68. The largest absolute Gasteiger partial charge is 0.379 e. The van der Waals surface area contributed by atoms with Crippen molar-refractivity contribution in [2.75, 3.05) is 38.6 Å². The van der Waals surface area contributed by atoms with Crippen LogP contribution in [0.25, 0.3) is 10.2 Å². The first kappa shape index (κ1) is 18.1. The van der Waals surface area contributed by atoms with Gasteiger partial charge in [0.05, 0.1) is 29.9 Å². The van der Waals surface area contributed by atoms with E-state index in [1.165, 1.54) is 11.3 Å². The number of ether oxygens (including phenoxy) is 1. The van der Waals surface area contributed by atoms with Gasteiger partial charge in [0, 0.05) is 25.7 Å². The number of carbonyl (C=O) groups is 1. The highest BCUT2D eigenvalue weighted by atomic mass is 32.1. The lowest BCUT2D eigenvalue weighted by atomic mass is 10.0. The van der Waals surface area contributed by atoms with Gasteiger partial charge in [0.1, 0.15) is 0 Å². The smallest absolute Gasteiger partial charge is 0.224 e. The second-order valence-electron chi connectivity index (χ2n) is 6.79. The highest BCUT2D eigenvalue weighted by Crippen LogP contribution is 2.24. The summed E-state index contributed by atoms with van der Waals surface area (Å²) >= 11 is 1.45. The van der Waals surface area contributed by atoms with Crippen molar-refractivity contribution in [1.82, 2.24) is 15.2 Å². The summed E-state index contributed by atoms with van der Waals surface area (Å²) in [6.07, 6.45) is 0.377. The van der Waals surface area contributed by atoms with Crippen LogP contribution in [0.1, 0.15) is 19.4 Å². The number of nitrogen functional groups attached to an aromatic ring is 1. The van der Waals surface area contributed by atoms with Crippen molar-refractivity contribution < 1.29 is 9.53 Å². The van der Waals surface area contributed by atoms with Gasteiger partial charge in [-0.25, -0.2) is 4.98 Å². The van der Waals surface area contributed by atoms with Gasteiger partial charge in [0.15, 0.2) is 5.13 Å². The molecule has 1 atom stereocenters. The van der Waals surface area contributed by atoms with Gasteiger partial charge >= 0.3 is 0 Å². The first-order valence-corrected chi connectivity index (χ1v) is 9.58. The summed E-state index contributed by atoms with van der Waals surface area (Å²) in [4.78, 5) is 19.0. The van der Waals surface area contributed by atoms with E-state index in [2.05, 4.69) is 29.0 Å². The number of rotatable bonds is 6. The van der Waals surface area contributed by atoms with Crippen molar-refractivity contribution >= 4 is 32.6 Å². The lowest BCUT2D eigenvalue weighted by Crippen LogP contribution is -2.51. The molecular formula is C18H26N4O2S. The van der Waals surface area contributed by atoms with E-state index in [4.69, 9.17) is 10.5 Å². The summed E-state index contributed by atoms with van der Waals surface area (Å²) in [6.45, 7) is 8.49. The minimum absolute atomic E-state index is 0.0516. The molecule has 0 bridgehead atoms. The van der Waals surface area contributed by atoms with E-state index < -0.39 is 0 Å². The Hall–Kier alpha value is -1.70. The van der Waals surface area contributed by atoms with E-state index in [0.29, 0.717) is 30.1 Å². The first-order valence-electron chi connectivity index (χ1n) is 8.76. The molecule has 136 valence electrons. The van der Waals surface area contributed by atoms with Crippen molar-refractivity contribution in [3.05, 3.63) is 23.8 Å². The Morgan fingerprint density at radius 1 is 1.40 bits per heavy atom. The number of anilines is 1. The Labute approximate surface area is 152 Å². The standard InChI is InChI=1S/C18H26N4O2S/c1-12(2)15(22-5-7-24-8-6-22)11-20-17(23)10-13-3-4-14-16(9-13)25-18(19)21-14/h3-4,9,12,15H,5-8,10-11H2,1-2H3,(H2,19,21)(H,20,23)/t15-/m1/s1. The zero-order valence-corrected chi connectivity index (χ0v) is 15.6. The zero-order valence-electron chi connectivity index (χ0n) is 14.8. The summed E-state index contributed by atoms with van der Waals surface area (Å²) in [5.41, 5.74) is 7.61. The Kier molecular flexibility index (Phi) is 5.88. The second-order valence-corrected chi connectivity index (χ2v) is 7.86. The van der Waals surface area contributed by atoms with Gasteiger partial charge in [-0.15, -0.1) is 0 Å². The Bertz CT molecular complexity index is 725. The number of nitrogens with zero attached hydrogens (tertiary/aromatic N) is 2. The molecule has 2 aromatic rings. The molecule has 0 saturated carbocycles. The van der Waals surface area contributed by atoms with Crippen LogP contribution in [-0.2, 0) is 16.0 Å². The van der Waals surface area contributed by atoms with Gasteiger partial charge in [0.25, 0.3) is 0 Å². The molecule has 1 aromatic carbocycles. The molecule has 1 aliphatic heterocycles. The molecule has 0 spiro atoms. The van der Waals surface area contributed by atoms with Gasteiger partial charge in [-0.05, 0) is 23.6 Å². The summed E-state index contributed by atoms with van der Waals surface area (Å²) in [7, 11) is 0. The van der Waals surface area contributed by atoms with Crippen molar-refractivity contribution in [3.63, 3.8) is 0 Å². The van der Waals surface area contributed by atoms with Gasteiger partial charge in [-0.2, -0.15) is 0 Å². The number of thiazole rings is 1. The predicted molar refractivity (Wildman–Crippen MR) is 102 cm³/mol. The van der Waals surface area contributed by atoms with E-state index in [-0.39, 0.29) is 5.91 Å². The molecular weight excluding hydrogens is 336 g/mol. The molecule has 3 rings (SSSR count). The van der Waals surface area contributed by atoms with Gasteiger partial charge < -0.3 is 15.8 Å². The van der Waals surface area contributed by atoms with Crippen molar-refractivity contribution in [1.29, 1.82) is 0 Å². The van der Waals surface area contributed by atoms with Crippen molar-refractivity contribution in [3.8, 4) is 0 Å². The molecule has 2 heterocycles. The molecule has 1 saturated heterocycles. The van der Waals surface area contributed by atoms with Crippen molar-refractivity contribution in [2.24, 2.45) is 5.92 Å². The van der Waals surface area contributed by atoms with E-state index in [0.717, 1.165) is 42.1 Å². The van der Waals surface area contributed by atoms with Crippen LogP contribution in [0.3, 0.4) is 0 Å². The van der Waals surface area contributed by atoms with Crippen LogP contribution in [0.4, 0.5) is 5.13 Å². The minimum atomic E-state index is 0.0516. The molecule has 0 aliphatic carbocycles. The van der Waals surface area contributed by atoms with Gasteiger partial charge in [-0.1, -0.05) is 31.3 Å². The van der Waals surface area contributed by atoms with Crippen LogP contribution < -0.4 is 11.1 Å². The molecule has 0 unspecified atom stereocenters. The fourth-order valence-corrected chi connectivity index (χ4v) is 4.06. The minimum Gasteiger partial charge on any atom is -0.379 e. The average Bonchev–Trinajstić information content (AvgIpc) is 2.95. The molecule has 1 fully saturated rings. The quantitative estimate of drug-likeness (QED) is 0.820. The summed E-state index contributed by atoms with van der Waals surface area (Å²) in [5.74, 6) is 0.533. The molecule has 1 aromatic heterocycles. The highest BCUT2D eigenvalue weighted by molar-refractivity contribution is 7.22. The number of nitrogens with one attached hydrogen (secondary N) is 1. The summed E-state index contributed by atoms with van der Waals surface area (Å²) in [6, 6.07) is 6.22. The number of morpholine rings is 1. The maximum atomic E-state index is 12.4. The van der Waals surface area contributed by atoms with Crippen LogP contribution in [0.5, 0.6) is 0 Å². The lowest BCUT2D eigenvalue weighted by Gasteiger charge is -2.36. The fourth-order valence-electron chi connectivity index (χ4n) is 3.26. The number of amides is 1. The zero-order chi connectivity index (χ0) is 17.8. The summed E-state index contributed by atoms with van der Waals surface area (Å²) < 4.78 is 6.45. The maximum absolute atomic E-state index is 12.4. The predicted octanol–water partition coefficient (Wildman–Crippen LogP) is 1.89. The number of nitrogens with two attached hydrogens (primary N) is 1. The molecule has 3 N–H and O–H groups in total. The average molecular weight is 362 g/mol. The van der Waals surface area contributed by atoms with Crippen LogP contribution >= 0.6 is 11.3 Å². The Morgan fingerprint density at radius 3 is 2.88 bits per heavy atom. The van der Waals surface area contributed by atoms with Crippen LogP contribution in [-0.4, -0.2) is 54.7 Å². The molecule has 25 heavy (non-hydrogen) atoms. The molecule has 1 amide bonds. The Morgan fingerprint density at radius 2 is 2.16 bits per heavy atom. The van der Waals surface area contributed by atoms with E-state index in [1.54, 1.807) is 0 Å². The highest BCUT2D eigenvalue weighted by Gasteiger charge is 2.24. The van der Waals surface area contributed by atoms with Gasteiger partial charge in [-0.3, -0.25) is 9.69 Å².